The van der Waals surface area contributed by atoms with Crippen LogP contribution in [-0.4, -0.2) is 11.7 Å². The summed E-state index contributed by atoms with van der Waals surface area (Å²) >= 11 is 2.18. The molecule has 0 spiro atoms. The maximum atomic E-state index is 12.6. The third-order valence-electron chi connectivity index (χ3n) is 2.97. The molecule has 0 aromatic heterocycles. The van der Waals surface area contributed by atoms with E-state index < -0.39 is 11.7 Å². The quantitative estimate of drug-likeness (QED) is 0.734. The molecule has 0 radical (unpaired) electrons. The van der Waals surface area contributed by atoms with Gasteiger partial charge in [-0.2, -0.15) is 13.2 Å². The van der Waals surface area contributed by atoms with Crippen LogP contribution in [-0.2, 0) is 6.18 Å². The number of hydrogen-bond acceptors (Lipinski definition) is 1. The van der Waals surface area contributed by atoms with Crippen molar-refractivity contribution in [1.29, 1.82) is 0 Å². The molecule has 0 aliphatic rings. The number of benzene rings is 2. The largest absolute Gasteiger partial charge is 0.416 e. The highest BCUT2D eigenvalue weighted by molar-refractivity contribution is 14.1. The van der Waals surface area contributed by atoms with Gasteiger partial charge >= 0.3 is 6.18 Å². The predicted molar refractivity (Wildman–Crippen MR) is 84.8 cm³/mol. The van der Waals surface area contributed by atoms with Crippen LogP contribution < -0.4 is 0 Å². The molecule has 110 valence electrons. The molecular formula is C16H12F3IO. The Bertz CT molecular complexity index is 628. The van der Waals surface area contributed by atoms with Crippen molar-refractivity contribution < 1.29 is 18.3 Å². The maximum absolute atomic E-state index is 12.6. The van der Waals surface area contributed by atoms with Crippen molar-refractivity contribution in [3.8, 4) is 0 Å². The van der Waals surface area contributed by atoms with Crippen LogP contribution in [0.3, 0.4) is 0 Å². The minimum absolute atomic E-state index is 0.178. The summed E-state index contributed by atoms with van der Waals surface area (Å²) in [5.74, 6) is 0. The normalized spacial score (nSPS) is 12.5. The van der Waals surface area contributed by atoms with Crippen molar-refractivity contribution in [2.24, 2.45) is 0 Å². The van der Waals surface area contributed by atoms with Crippen LogP contribution in [0, 0.1) is 3.57 Å². The lowest BCUT2D eigenvalue weighted by molar-refractivity contribution is -0.137. The Morgan fingerprint density at radius 1 is 0.952 bits per heavy atom. The predicted octanol–water partition coefficient (Wildman–Crippen LogP) is 4.73. The van der Waals surface area contributed by atoms with Crippen LogP contribution in [0.1, 0.15) is 16.7 Å². The summed E-state index contributed by atoms with van der Waals surface area (Å²) in [6.07, 6.45) is -2.76. The third kappa shape index (κ3) is 4.07. The Morgan fingerprint density at radius 2 is 1.43 bits per heavy atom. The van der Waals surface area contributed by atoms with Crippen molar-refractivity contribution >= 4 is 28.2 Å². The van der Waals surface area contributed by atoms with Gasteiger partial charge in [-0.15, -0.1) is 0 Å². The molecule has 2 aromatic rings. The second-order valence-electron chi connectivity index (χ2n) is 4.38. The summed E-state index contributed by atoms with van der Waals surface area (Å²) in [6.45, 7) is -0.178. The molecule has 0 amide bonds. The Morgan fingerprint density at radius 3 is 1.86 bits per heavy atom. The van der Waals surface area contributed by atoms with E-state index in [0.717, 1.165) is 21.3 Å². The van der Waals surface area contributed by atoms with Gasteiger partial charge in [0.25, 0.3) is 0 Å². The fourth-order valence-electron chi connectivity index (χ4n) is 1.96. The van der Waals surface area contributed by atoms with E-state index in [0.29, 0.717) is 11.1 Å². The summed E-state index contributed by atoms with van der Waals surface area (Å²) in [5, 5.41) is 9.14. The van der Waals surface area contributed by atoms with E-state index in [4.69, 9.17) is 5.11 Å². The second-order valence-corrected chi connectivity index (χ2v) is 5.63. The molecule has 2 aromatic carbocycles. The highest BCUT2D eigenvalue weighted by Crippen LogP contribution is 2.31. The van der Waals surface area contributed by atoms with Gasteiger partial charge in [0.05, 0.1) is 12.2 Å². The zero-order valence-electron chi connectivity index (χ0n) is 10.9. The molecule has 21 heavy (non-hydrogen) atoms. The van der Waals surface area contributed by atoms with Gasteiger partial charge in [0.2, 0.25) is 0 Å². The summed E-state index contributed by atoms with van der Waals surface area (Å²) in [5.41, 5.74) is 1.52. The highest BCUT2D eigenvalue weighted by Gasteiger charge is 2.30. The van der Waals surface area contributed by atoms with Gasteiger partial charge < -0.3 is 5.11 Å². The second kappa shape index (κ2) is 6.62. The monoisotopic (exact) mass is 404 g/mol. The first kappa shape index (κ1) is 16.0. The molecule has 5 heteroatoms. The summed E-state index contributed by atoms with van der Waals surface area (Å²) in [4.78, 5) is 0. The molecular weight excluding hydrogens is 392 g/mol. The van der Waals surface area contributed by atoms with E-state index in [9.17, 15) is 13.2 Å². The molecule has 2 rings (SSSR count). The zero-order valence-corrected chi connectivity index (χ0v) is 13.0. The Balaban J connectivity index is 2.40. The fourth-order valence-corrected chi connectivity index (χ4v) is 2.32. The van der Waals surface area contributed by atoms with Crippen LogP contribution in [0.5, 0.6) is 0 Å². The van der Waals surface area contributed by atoms with Crippen LogP contribution in [0.2, 0.25) is 0 Å². The lowest BCUT2D eigenvalue weighted by atomic mass is 9.97. The van der Waals surface area contributed by atoms with Crippen molar-refractivity contribution in [1.82, 2.24) is 0 Å². The SMILES string of the molecule is OCC=C(c1ccc(I)cc1)c1ccc(C(F)(F)F)cc1. The molecule has 1 N–H and O–H groups in total. The smallest absolute Gasteiger partial charge is 0.392 e. The lowest BCUT2D eigenvalue weighted by Crippen LogP contribution is -2.04. The number of hydrogen-bond donors (Lipinski definition) is 1. The van der Waals surface area contributed by atoms with E-state index in [1.54, 1.807) is 6.08 Å². The Hall–Kier alpha value is -1.34. The van der Waals surface area contributed by atoms with Crippen molar-refractivity contribution in [3.63, 3.8) is 0 Å². The first-order valence-electron chi connectivity index (χ1n) is 6.16. The van der Waals surface area contributed by atoms with Gasteiger partial charge in [0.15, 0.2) is 0 Å². The van der Waals surface area contributed by atoms with E-state index >= 15 is 0 Å². The molecule has 0 aliphatic carbocycles. The molecule has 0 bridgehead atoms. The molecule has 0 saturated carbocycles. The molecule has 0 fully saturated rings. The summed E-state index contributed by atoms with van der Waals surface area (Å²) in [6, 6.07) is 12.5. The Kier molecular flexibility index (Phi) is 5.05. The average Bonchev–Trinajstić information content (AvgIpc) is 2.45. The minimum atomic E-state index is -4.34. The van der Waals surface area contributed by atoms with Crippen LogP contribution >= 0.6 is 22.6 Å². The fraction of sp³-hybridized carbons (Fsp3) is 0.125. The maximum Gasteiger partial charge on any atom is 0.416 e. The summed E-state index contributed by atoms with van der Waals surface area (Å²) < 4.78 is 38.8. The average molecular weight is 404 g/mol. The van der Waals surface area contributed by atoms with Crippen LogP contribution in [0.4, 0.5) is 13.2 Å². The first-order valence-corrected chi connectivity index (χ1v) is 7.24. The summed E-state index contributed by atoms with van der Waals surface area (Å²) in [7, 11) is 0. The van der Waals surface area contributed by atoms with E-state index in [-0.39, 0.29) is 6.61 Å². The van der Waals surface area contributed by atoms with E-state index in [1.807, 2.05) is 24.3 Å². The topological polar surface area (TPSA) is 20.2 Å². The van der Waals surface area contributed by atoms with Crippen molar-refractivity contribution in [2.75, 3.05) is 6.61 Å². The number of aliphatic hydroxyl groups excluding tert-OH is 1. The molecule has 0 unspecified atom stereocenters. The first-order chi connectivity index (χ1) is 9.91. The van der Waals surface area contributed by atoms with Gasteiger partial charge in [-0.3, -0.25) is 0 Å². The van der Waals surface area contributed by atoms with Crippen LogP contribution in [0.15, 0.2) is 54.6 Å². The highest BCUT2D eigenvalue weighted by atomic mass is 127. The number of halogens is 4. The molecule has 0 saturated heterocycles. The Labute approximate surface area is 134 Å². The van der Waals surface area contributed by atoms with Crippen LogP contribution in [0.25, 0.3) is 5.57 Å². The number of rotatable bonds is 3. The van der Waals surface area contributed by atoms with Gasteiger partial charge in [-0.1, -0.05) is 30.3 Å². The molecule has 0 aliphatic heterocycles. The standard InChI is InChI=1S/C16H12F3IO/c17-16(18,19)13-5-1-11(2-6-13)15(9-10-21)12-3-7-14(20)8-4-12/h1-9,21H,10H2. The molecule has 0 atom stereocenters. The van der Waals surface area contributed by atoms with Gasteiger partial charge in [-0.25, -0.2) is 0 Å². The van der Waals surface area contributed by atoms with Gasteiger partial charge in [0.1, 0.15) is 0 Å². The molecule has 1 nitrogen and oxygen atoms in total. The number of aliphatic hydroxyl groups is 1. The third-order valence-corrected chi connectivity index (χ3v) is 3.69. The molecule has 0 heterocycles. The minimum Gasteiger partial charge on any atom is -0.392 e. The number of alkyl halides is 3. The van der Waals surface area contributed by atoms with E-state index in [2.05, 4.69) is 22.6 Å². The van der Waals surface area contributed by atoms with Gasteiger partial charge in [-0.05, 0) is 63.6 Å². The van der Waals surface area contributed by atoms with Crippen molar-refractivity contribution in [2.45, 2.75) is 6.18 Å². The lowest BCUT2D eigenvalue weighted by Gasteiger charge is -2.11. The van der Waals surface area contributed by atoms with E-state index in [1.165, 1.54) is 12.1 Å². The van der Waals surface area contributed by atoms with Crippen molar-refractivity contribution in [3.05, 3.63) is 74.9 Å². The zero-order chi connectivity index (χ0) is 15.5. The van der Waals surface area contributed by atoms with Gasteiger partial charge in [0, 0.05) is 3.57 Å².